The molecule has 0 spiro atoms. The largest absolute Gasteiger partial charge is 0.329 e. The highest BCUT2D eigenvalue weighted by atomic mass is 15.2. The molecule has 0 bridgehead atoms. The van der Waals surface area contributed by atoms with Gasteiger partial charge in [0.25, 0.3) is 0 Å². The summed E-state index contributed by atoms with van der Waals surface area (Å²) in [6, 6.07) is 4.21. The standard InChI is InChI=1S/C18H31N3/c1-3-12-21(14-17-6-5-11-20-13-17)18(15-19)9-7-16(4-2)8-10-18/h5-6,11,13,16H,3-4,7-10,12,14-15,19H2,1-2H3. The fourth-order valence-corrected chi connectivity index (χ4v) is 3.74. The molecule has 1 saturated carbocycles. The van der Waals surface area contributed by atoms with Crippen LogP contribution in [0.15, 0.2) is 24.5 Å². The van der Waals surface area contributed by atoms with Gasteiger partial charge in [-0.15, -0.1) is 0 Å². The lowest BCUT2D eigenvalue weighted by atomic mass is 9.74. The van der Waals surface area contributed by atoms with E-state index < -0.39 is 0 Å². The second kappa shape index (κ2) is 7.90. The molecule has 0 radical (unpaired) electrons. The van der Waals surface area contributed by atoms with E-state index in [1.54, 1.807) is 0 Å². The molecule has 3 heteroatoms. The Morgan fingerprint density at radius 2 is 2.10 bits per heavy atom. The number of nitrogens with two attached hydrogens (primary N) is 1. The maximum atomic E-state index is 6.25. The molecule has 0 amide bonds. The van der Waals surface area contributed by atoms with Crippen molar-refractivity contribution in [1.82, 2.24) is 9.88 Å². The highest BCUT2D eigenvalue weighted by Gasteiger charge is 2.38. The molecule has 21 heavy (non-hydrogen) atoms. The summed E-state index contributed by atoms with van der Waals surface area (Å²) < 4.78 is 0. The quantitative estimate of drug-likeness (QED) is 0.834. The second-order valence-corrected chi connectivity index (χ2v) is 6.56. The Bertz CT molecular complexity index is 396. The van der Waals surface area contributed by atoms with E-state index in [1.807, 2.05) is 18.5 Å². The van der Waals surface area contributed by atoms with Crippen LogP contribution in [0.25, 0.3) is 0 Å². The van der Waals surface area contributed by atoms with Crippen molar-refractivity contribution in [3.8, 4) is 0 Å². The number of hydrogen-bond donors (Lipinski definition) is 1. The van der Waals surface area contributed by atoms with Crippen LogP contribution in [0.4, 0.5) is 0 Å². The van der Waals surface area contributed by atoms with E-state index in [0.717, 1.165) is 25.6 Å². The Labute approximate surface area is 129 Å². The average Bonchev–Trinajstić information content (AvgIpc) is 2.55. The first-order chi connectivity index (χ1) is 10.2. The van der Waals surface area contributed by atoms with Crippen molar-refractivity contribution in [2.75, 3.05) is 13.1 Å². The van der Waals surface area contributed by atoms with E-state index in [0.29, 0.717) is 0 Å². The Morgan fingerprint density at radius 3 is 2.62 bits per heavy atom. The molecule has 1 aliphatic carbocycles. The molecule has 1 aromatic heterocycles. The van der Waals surface area contributed by atoms with Gasteiger partial charge in [0.05, 0.1) is 0 Å². The van der Waals surface area contributed by atoms with Crippen molar-refractivity contribution >= 4 is 0 Å². The molecule has 0 aliphatic heterocycles. The third-order valence-corrected chi connectivity index (χ3v) is 5.25. The molecule has 1 fully saturated rings. The fourth-order valence-electron chi connectivity index (χ4n) is 3.74. The zero-order valence-corrected chi connectivity index (χ0v) is 13.7. The lowest BCUT2D eigenvalue weighted by Gasteiger charge is -2.47. The number of nitrogens with zero attached hydrogens (tertiary/aromatic N) is 2. The van der Waals surface area contributed by atoms with Crippen LogP contribution in [0.1, 0.15) is 57.9 Å². The predicted octanol–water partition coefficient (Wildman–Crippen LogP) is 3.59. The normalized spacial score (nSPS) is 26.2. The van der Waals surface area contributed by atoms with Crippen LogP contribution in [0, 0.1) is 5.92 Å². The molecule has 1 aromatic rings. The first-order valence-electron chi connectivity index (χ1n) is 8.58. The van der Waals surface area contributed by atoms with Crippen LogP contribution >= 0.6 is 0 Å². The molecule has 0 aromatic carbocycles. The van der Waals surface area contributed by atoms with Gasteiger partial charge in [0, 0.05) is 31.0 Å². The van der Waals surface area contributed by atoms with Crippen LogP contribution < -0.4 is 5.73 Å². The third kappa shape index (κ3) is 4.04. The van der Waals surface area contributed by atoms with Gasteiger partial charge >= 0.3 is 0 Å². The average molecular weight is 289 g/mol. The molecule has 118 valence electrons. The Kier molecular flexibility index (Phi) is 6.19. The van der Waals surface area contributed by atoms with Gasteiger partial charge in [-0.05, 0) is 56.2 Å². The fraction of sp³-hybridized carbons (Fsp3) is 0.722. The second-order valence-electron chi connectivity index (χ2n) is 6.56. The van der Waals surface area contributed by atoms with E-state index in [9.17, 15) is 0 Å². The summed E-state index contributed by atoms with van der Waals surface area (Å²) in [5, 5.41) is 0. The van der Waals surface area contributed by atoms with Crippen LogP contribution in [0.2, 0.25) is 0 Å². The molecular formula is C18H31N3. The van der Waals surface area contributed by atoms with Gasteiger partial charge in [0.2, 0.25) is 0 Å². The monoisotopic (exact) mass is 289 g/mol. The Hall–Kier alpha value is -0.930. The van der Waals surface area contributed by atoms with Gasteiger partial charge in [-0.1, -0.05) is 26.3 Å². The van der Waals surface area contributed by atoms with Gasteiger partial charge in [-0.3, -0.25) is 9.88 Å². The maximum Gasteiger partial charge on any atom is 0.0335 e. The first kappa shape index (κ1) is 16.4. The van der Waals surface area contributed by atoms with Gasteiger partial charge in [-0.25, -0.2) is 0 Å². The molecule has 1 aliphatic rings. The number of rotatable bonds is 7. The van der Waals surface area contributed by atoms with Crippen molar-refractivity contribution in [2.45, 2.75) is 64.5 Å². The van der Waals surface area contributed by atoms with Crippen LogP contribution in [-0.2, 0) is 6.54 Å². The van der Waals surface area contributed by atoms with E-state index >= 15 is 0 Å². The lowest BCUT2D eigenvalue weighted by molar-refractivity contribution is 0.0346. The van der Waals surface area contributed by atoms with Crippen molar-refractivity contribution < 1.29 is 0 Å². The van der Waals surface area contributed by atoms with Gasteiger partial charge in [-0.2, -0.15) is 0 Å². The lowest BCUT2D eigenvalue weighted by Crippen LogP contribution is -2.55. The summed E-state index contributed by atoms with van der Waals surface area (Å²) in [6.45, 7) is 7.47. The minimum Gasteiger partial charge on any atom is -0.329 e. The zero-order chi connectivity index (χ0) is 15.1. The molecule has 0 saturated heterocycles. The number of pyridine rings is 1. The summed E-state index contributed by atoms with van der Waals surface area (Å²) in [5.74, 6) is 0.909. The summed E-state index contributed by atoms with van der Waals surface area (Å²) in [7, 11) is 0. The summed E-state index contributed by atoms with van der Waals surface area (Å²) in [5.41, 5.74) is 7.76. The molecule has 0 unspecified atom stereocenters. The zero-order valence-electron chi connectivity index (χ0n) is 13.7. The molecule has 2 rings (SSSR count). The van der Waals surface area contributed by atoms with Gasteiger partial charge in [0.15, 0.2) is 0 Å². The third-order valence-electron chi connectivity index (χ3n) is 5.25. The maximum absolute atomic E-state index is 6.25. The highest BCUT2D eigenvalue weighted by Crippen LogP contribution is 2.38. The Balaban J connectivity index is 2.11. The van der Waals surface area contributed by atoms with E-state index in [2.05, 4.69) is 29.8 Å². The van der Waals surface area contributed by atoms with E-state index in [1.165, 1.54) is 44.1 Å². The van der Waals surface area contributed by atoms with Crippen molar-refractivity contribution in [3.63, 3.8) is 0 Å². The summed E-state index contributed by atoms with van der Waals surface area (Å²) in [6.07, 6.45) is 11.5. The molecular weight excluding hydrogens is 258 g/mol. The molecule has 3 nitrogen and oxygen atoms in total. The van der Waals surface area contributed by atoms with Crippen LogP contribution in [-0.4, -0.2) is 28.5 Å². The Morgan fingerprint density at radius 1 is 1.33 bits per heavy atom. The van der Waals surface area contributed by atoms with Gasteiger partial charge < -0.3 is 5.73 Å². The highest BCUT2D eigenvalue weighted by molar-refractivity contribution is 5.10. The number of aromatic nitrogens is 1. The minimum absolute atomic E-state index is 0.206. The minimum atomic E-state index is 0.206. The first-order valence-corrected chi connectivity index (χ1v) is 8.58. The van der Waals surface area contributed by atoms with Crippen molar-refractivity contribution in [1.29, 1.82) is 0 Å². The molecule has 0 atom stereocenters. The predicted molar refractivity (Wildman–Crippen MR) is 89.0 cm³/mol. The molecule has 1 heterocycles. The van der Waals surface area contributed by atoms with Gasteiger partial charge in [0.1, 0.15) is 0 Å². The smallest absolute Gasteiger partial charge is 0.0335 e. The van der Waals surface area contributed by atoms with Crippen LogP contribution in [0.3, 0.4) is 0 Å². The summed E-state index contributed by atoms with van der Waals surface area (Å²) >= 11 is 0. The topological polar surface area (TPSA) is 42.2 Å². The van der Waals surface area contributed by atoms with Crippen molar-refractivity contribution in [3.05, 3.63) is 30.1 Å². The SMILES string of the molecule is CCCN(Cc1cccnc1)C1(CN)CCC(CC)CC1. The van der Waals surface area contributed by atoms with Crippen molar-refractivity contribution in [2.24, 2.45) is 11.7 Å². The number of hydrogen-bond acceptors (Lipinski definition) is 3. The van der Waals surface area contributed by atoms with Crippen LogP contribution in [0.5, 0.6) is 0 Å². The van der Waals surface area contributed by atoms with E-state index in [-0.39, 0.29) is 5.54 Å². The molecule has 2 N–H and O–H groups in total. The van der Waals surface area contributed by atoms with E-state index in [4.69, 9.17) is 5.73 Å². The summed E-state index contributed by atoms with van der Waals surface area (Å²) in [4.78, 5) is 6.89.